The lowest BCUT2D eigenvalue weighted by Crippen LogP contribution is -2.35. The van der Waals surface area contributed by atoms with Crippen molar-refractivity contribution in [3.8, 4) is 11.8 Å². The fraction of sp³-hybridized carbons (Fsp3) is 0.667. The van der Waals surface area contributed by atoms with Crippen LogP contribution >= 0.6 is 11.6 Å². The normalized spacial score (nSPS) is 17.1. The maximum atomic E-state index is 11.2. The molecule has 0 saturated carbocycles. The first-order chi connectivity index (χ1) is 5.84. The number of alkyl halides is 1. The van der Waals surface area contributed by atoms with Crippen LogP contribution in [0.5, 0.6) is 0 Å². The van der Waals surface area contributed by atoms with Crippen LogP contribution in [0.2, 0.25) is 0 Å². The molecule has 12 heavy (non-hydrogen) atoms. The van der Waals surface area contributed by atoms with E-state index in [1.54, 1.807) is 4.90 Å². The zero-order valence-corrected chi connectivity index (χ0v) is 7.73. The van der Waals surface area contributed by atoms with Crippen molar-refractivity contribution >= 4 is 17.5 Å². The van der Waals surface area contributed by atoms with Gasteiger partial charge >= 0.3 is 0 Å². The average Bonchev–Trinajstić information content (AvgIpc) is 2.09. The molecule has 1 aliphatic rings. The lowest BCUT2D eigenvalue weighted by Gasteiger charge is -2.24. The second kappa shape index (κ2) is 5.05. The van der Waals surface area contributed by atoms with Gasteiger partial charge in [-0.3, -0.25) is 4.79 Å². The number of nitrogens with zero attached hydrogens (tertiary/aromatic N) is 1. The second-order valence-corrected chi connectivity index (χ2v) is 3.03. The van der Waals surface area contributed by atoms with Crippen LogP contribution in [0.15, 0.2) is 0 Å². The number of rotatable bonds is 1. The minimum Gasteiger partial charge on any atom is -0.332 e. The average molecular weight is 186 g/mol. The monoisotopic (exact) mass is 185 g/mol. The largest absolute Gasteiger partial charge is 0.332 e. The summed E-state index contributed by atoms with van der Waals surface area (Å²) in [5.41, 5.74) is 0. The summed E-state index contributed by atoms with van der Waals surface area (Å²) >= 11 is 5.38. The molecule has 66 valence electrons. The predicted molar refractivity (Wildman–Crippen MR) is 48.9 cm³/mol. The van der Waals surface area contributed by atoms with E-state index >= 15 is 0 Å². The molecule has 2 nitrogen and oxygen atoms in total. The lowest BCUT2D eigenvalue weighted by atomic mass is 10.1. The van der Waals surface area contributed by atoms with Crippen LogP contribution in [0.25, 0.3) is 0 Å². The van der Waals surface area contributed by atoms with Crippen molar-refractivity contribution < 1.29 is 4.79 Å². The highest BCUT2D eigenvalue weighted by Crippen LogP contribution is 2.08. The van der Waals surface area contributed by atoms with Crippen LogP contribution in [-0.4, -0.2) is 29.8 Å². The van der Waals surface area contributed by atoms with Crippen molar-refractivity contribution in [3.63, 3.8) is 0 Å². The minimum absolute atomic E-state index is 0.227. The van der Waals surface area contributed by atoms with E-state index in [9.17, 15) is 4.79 Å². The Morgan fingerprint density at radius 1 is 1.42 bits per heavy atom. The van der Waals surface area contributed by atoms with E-state index in [4.69, 9.17) is 11.6 Å². The van der Waals surface area contributed by atoms with Crippen LogP contribution in [0.1, 0.15) is 19.3 Å². The molecule has 0 aliphatic carbocycles. The molecular weight excluding hydrogens is 174 g/mol. The molecule has 0 unspecified atom stereocenters. The summed E-state index contributed by atoms with van der Waals surface area (Å²) in [6.45, 7) is 1.40. The Hall–Kier alpha value is -0.680. The van der Waals surface area contributed by atoms with Gasteiger partial charge in [-0.1, -0.05) is 11.8 Å². The molecule has 1 aliphatic heterocycles. The number of halogens is 1. The zero-order valence-electron chi connectivity index (χ0n) is 6.98. The molecule has 3 heteroatoms. The highest BCUT2D eigenvalue weighted by molar-refractivity contribution is 6.19. The molecule has 0 atom stereocenters. The van der Waals surface area contributed by atoms with E-state index in [0.29, 0.717) is 18.8 Å². The minimum atomic E-state index is 0.227. The van der Waals surface area contributed by atoms with Crippen LogP contribution < -0.4 is 0 Å². The SMILES string of the molecule is O=C1CCCCN1CC#CCCl. The fourth-order valence-corrected chi connectivity index (χ4v) is 1.32. The molecule has 1 heterocycles. The summed E-state index contributed by atoms with van der Waals surface area (Å²) < 4.78 is 0. The maximum Gasteiger partial charge on any atom is 0.223 e. The van der Waals surface area contributed by atoms with Gasteiger partial charge in [0.05, 0.1) is 12.4 Å². The third-order valence-corrected chi connectivity index (χ3v) is 2.02. The van der Waals surface area contributed by atoms with Gasteiger partial charge < -0.3 is 4.90 Å². The molecular formula is C9H12ClNO. The Kier molecular flexibility index (Phi) is 3.96. The van der Waals surface area contributed by atoms with Crippen LogP contribution in [0.4, 0.5) is 0 Å². The first kappa shape index (κ1) is 9.41. The smallest absolute Gasteiger partial charge is 0.223 e. The van der Waals surface area contributed by atoms with E-state index in [1.807, 2.05) is 0 Å². The number of carbonyl (C=O) groups excluding carboxylic acids is 1. The van der Waals surface area contributed by atoms with Crippen molar-refractivity contribution in [1.82, 2.24) is 4.90 Å². The summed E-state index contributed by atoms with van der Waals surface area (Å²) in [7, 11) is 0. The highest BCUT2D eigenvalue weighted by Gasteiger charge is 2.15. The van der Waals surface area contributed by atoms with E-state index in [1.165, 1.54) is 0 Å². The Bertz CT molecular complexity index is 216. The molecule has 0 spiro atoms. The van der Waals surface area contributed by atoms with Crippen LogP contribution in [0.3, 0.4) is 0 Å². The summed E-state index contributed by atoms with van der Waals surface area (Å²) in [4.78, 5) is 13.0. The Labute approximate surface area is 77.9 Å². The molecule has 0 aromatic rings. The third-order valence-electron chi connectivity index (χ3n) is 1.88. The number of carbonyl (C=O) groups is 1. The fourth-order valence-electron chi connectivity index (χ4n) is 1.23. The van der Waals surface area contributed by atoms with Crippen molar-refractivity contribution in [3.05, 3.63) is 0 Å². The number of hydrogen-bond acceptors (Lipinski definition) is 1. The standard InChI is InChI=1S/C9H12ClNO/c10-6-2-4-8-11-7-3-1-5-9(11)12/h1,3,5-8H2. The molecule has 0 N–H and O–H groups in total. The summed E-state index contributed by atoms with van der Waals surface area (Å²) in [6, 6.07) is 0. The van der Waals surface area contributed by atoms with Gasteiger partial charge in [-0.15, -0.1) is 11.6 Å². The Morgan fingerprint density at radius 3 is 2.92 bits per heavy atom. The molecule has 0 aromatic carbocycles. The number of amides is 1. The molecule has 0 bridgehead atoms. The first-order valence-corrected chi connectivity index (χ1v) is 4.67. The van der Waals surface area contributed by atoms with E-state index < -0.39 is 0 Å². The number of likely N-dealkylation sites (tertiary alicyclic amines) is 1. The van der Waals surface area contributed by atoms with Crippen molar-refractivity contribution in [1.29, 1.82) is 0 Å². The van der Waals surface area contributed by atoms with Crippen LogP contribution in [0, 0.1) is 11.8 Å². The van der Waals surface area contributed by atoms with E-state index in [-0.39, 0.29) is 5.91 Å². The van der Waals surface area contributed by atoms with Gasteiger partial charge in [-0.2, -0.15) is 0 Å². The maximum absolute atomic E-state index is 11.2. The third kappa shape index (κ3) is 2.75. The van der Waals surface area contributed by atoms with E-state index in [2.05, 4.69) is 11.8 Å². The van der Waals surface area contributed by atoms with Crippen molar-refractivity contribution in [2.45, 2.75) is 19.3 Å². The van der Waals surface area contributed by atoms with Gasteiger partial charge in [-0.05, 0) is 12.8 Å². The molecule has 0 aromatic heterocycles. The predicted octanol–water partition coefficient (Wildman–Crippen LogP) is 1.24. The van der Waals surface area contributed by atoms with Gasteiger partial charge in [0.15, 0.2) is 0 Å². The van der Waals surface area contributed by atoms with Gasteiger partial charge in [-0.25, -0.2) is 0 Å². The number of piperidine rings is 1. The summed E-state index contributed by atoms with van der Waals surface area (Å²) in [5.74, 6) is 6.17. The summed E-state index contributed by atoms with van der Waals surface area (Å²) in [6.07, 6.45) is 2.81. The summed E-state index contributed by atoms with van der Waals surface area (Å²) in [5, 5.41) is 0. The first-order valence-electron chi connectivity index (χ1n) is 4.14. The quantitative estimate of drug-likeness (QED) is 0.445. The van der Waals surface area contributed by atoms with Gasteiger partial charge in [0.1, 0.15) is 0 Å². The zero-order chi connectivity index (χ0) is 8.81. The Balaban J connectivity index is 2.34. The van der Waals surface area contributed by atoms with Gasteiger partial charge in [0.25, 0.3) is 0 Å². The van der Waals surface area contributed by atoms with Gasteiger partial charge in [0.2, 0.25) is 5.91 Å². The molecule has 1 saturated heterocycles. The topological polar surface area (TPSA) is 20.3 Å². The van der Waals surface area contributed by atoms with Crippen molar-refractivity contribution in [2.75, 3.05) is 19.0 Å². The van der Waals surface area contributed by atoms with E-state index in [0.717, 1.165) is 19.4 Å². The Morgan fingerprint density at radius 2 is 2.25 bits per heavy atom. The van der Waals surface area contributed by atoms with Crippen LogP contribution in [-0.2, 0) is 4.79 Å². The second-order valence-electron chi connectivity index (χ2n) is 2.76. The molecule has 1 fully saturated rings. The molecule has 1 rings (SSSR count). The molecule has 0 radical (unpaired) electrons. The van der Waals surface area contributed by atoms with Gasteiger partial charge in [0, 0.05) is 13.0 Å². The molecule has 1 amide bonds. The van der Waals surface area contributed by atoms with Crippen molar-refractivity contribution in [2.24, 2.45) is 0 Å². The number of hydrogen-bond donors (Lipinski definition) is 0. The lowest BCUT2D eigenvalue weighted by molar-refractivity contribution is -0.132. The highest BCUT2D eigenvalue weighted by atomic mass is 35.5.